The molecule has 8 atom stereocenters. The maximum Gasteiger partial charge on any atom is 0.0921 e. The fraction of sp³-hybridized carbons (Fsp3) is 0.917. The molecule has 0 aromatic heterocycles. The summed E-state index contributed by atoms with van der Waals surface area (Å²) in [4.78, 5) is 0. The summed E-state index contributed by atoms with van der Waals surface area (Å²) >= 11 is 0. The highest BCUT2D eigenvalue weighted by molar-refractivity contribution is 5.24. The van der Waals surface area contributed by atoms with Gasteiger partial charge in [-0.1, -0.05) is 32.4 Å². The molecule has 140 valence electrons. The lowest BCUT2D eigenvalue weighted by atomic mass is 9.48. The first-order valence-corrected chi connectivity index (χ1v) is 11.2. The van der Waals surface area contributed by atoms with Gasteiger partial charge in [0.25, 0.3) is 0 Å². The molecule has 5 rings (SSSR count). The van der Waals surface area contributed by atoms with Crippen LogP contribution in [0.1, 0.15) is 85.5 Å². The van der Waals surface area contributed by atoms with Crippen molar-refractivity contribution in [3.05, 3.63) is 11.6 Å². The van der Waals surface area contributed by atoms with E-state index < -0.39 is 0 Å². The van der Waals surface area contributed by atoms with E-state index in [1.165, 1.54) is 57.8 Å². The highest BCUT2D eigenvalue weighted by Gasteiger charge is 2.64. The molecule has 4 aliphatic carbocycles. The van der Waals surface area contributed by atoms with Crippen LogP contribution in [-0.2, 0) is 4.74 Å². The Morgan fingerprint density at radius 3 is 2.52 bits per heavy atom. The van der Waals surface area contributed by atoms with Crippen LogP contribution in [0, 0.1) is 40.4 Å². The molecular weight excluding hydrogens is 304 g/mol. The van der Waals surface area contributed by atoms with Gasteiger partial charge in [-0.2, -0.15) is 0 Å². The molecule has 1 saturated heterocycles. The van der Waals surface area contributed by atoms with Crippen LogP contribution in [0.3, 0.4) is 0 Å². The van der Waals surface area contributed by atoms with Crippen molar-refractivity contribution in [3.63, 3.8) is 0 Å². The molecule has 1 heterocycles. The summed E-state index contributed by atoms with van der Waals surface area (Å²) in [6.45, 7) is 11.2. The third-order valence-electron chi connectivity index (χ3n) is 10.0. The van der Waals surface area contributed by atoms with Gasteiger partial charge in [0.05, 0.1) is 12.2 Å². The smallest absolute Gasteiger partial charge is 0.0921 e. The molecule has 0 amide bonds. The highest BCUT2D eigenvalue weighted by atomic mass is 16.6. The lowest BCUT2D eigenvalue weighted by Crippen LogP contribution is -2.50. The van der Waals surface area contributed by atoms with Crippen molar-refractivity contribution in [1.82, 2.24) is 0 Å². The molecule has 0 aromatic rings. The minimum absolute atomic E-state index is 0.230. The molecule has 0 N–H and O–H groups in total. The van der Waals surface area contributed by atoms with E-state index in [4.69, 9.17) is 4.74 Å². The maximum absolute atomic E-state index is 5.95. The van der Waals surface area contributed by atoms with Gasteiger partial charge < -0.3 is 4.74 Å². The average Bonchev–Trinajstić information content (AvgIpc) is 3.24. The summed E-state index contributed by atoms with van der Waals surface area (Å²) < 4.78 is 5.95. The molecule has 25 heavy (non-hydrogen) atoms. The molecule has 1 aliphatic heterocycles. The third-order valence-corrected chi connectivity index (χ3v) is 10.0. The quantitative estimate of drug-likeness (QED) is 0.398. The standard InChI is InChI=1S/C24H38O/c1-16-5-6-17-7-8-18-19-9-10-21(24(4)15-25-24)23(19,3)14-12-20(18)22(17,2)13-11-16/h7,16,18-21H,5-6,8-15H2,1-4H3. The van der Waals surface area contributed by atoms with Crippen molar-refractivity contribution in [3.8, 4) is 0 Å². The lowest BCUT2D eigenvalue weighted by Gasteiger charge is -2.57. The average molecular weight is 343 g/mol. The van der Waals surface area contributed by atoms with Crippen molar-refractivity contribution < 1.29 is 4.74 Å². The zero-order chi connectivity index (χ0) is 17.4. The van der Waals surface area contributed by atoms with Crippen LogP contribution < -0.4 is 0 Å². The normalized spacial score (nSPS) is 57.8. The number of hydrogen-bond acceptors (Lipinski definition) is 1. The summed E-state index contributed by atoms with van der Waals surface area (Å²) in [5.41, 5.74) is 3.15. The number of epoxide rings is 1. The van der Waals surface area contributed by atoms with Crippen molar-refractivity contribution in [2.75, 3.05) is 6.61 Å². The van der Waals surface area contributed by atoms with E-state index in [2.05, 4.69) is 33.8 Å². The van der Waals surface area contributed by atoms with Crippen LogP contribution in [0.15, 0.2) is 11.6 Å². The second kappa shape index (κ2) is 5.37. The number of hydrogen-bond donors (Lipinski definition) is 0. The highest BCUT2D eigenvalue weighted by Crippen LogP contribution is 2.68. The molecule has 5 aliphatic rings. The van der Waals surface area contributed by atoms with Gasteiger partial charge >= 0.3 is 0 Å². The van der Waals surface area contributed by atoms with Crippen LogP contribution in [0.5, 0.6) is 0 Å². The van der Waals surface area contributed by atoms with E-state index in [9.17, 15) is 0 Å². The molecule has 0 aromatic carbocycles. The molecular formula is C24H38O. The Hall–Kier alpha value is -0.300. The van der Waals surface area contributed by atoms with Crippen LogP contribution in [0.4, 0.5) is 0 Å². The molecule has 0 spiro atoms. The Kier molecular flexibility index (Phi) is 3.62. The monoisotopic (exact) mass is 342 g/mol. The van der Waals surface area contributed by atoms with Crippen LogP contribution in [0.25, 0.3) is 0 Å². The Bertz CT molecular complexity index is 587. The first-order valence-electron chi connectivity index (χ1n) is 11.2. The van der Waals surface area contributed by atoms with Crippen molar-refractivity contribution in [2.45, 2.75) is 91.1 Å². The largest absolute Gasteiger partial charge is 0.370 e. The maximum atomic E-state index is 5.95. The SMILES string of the molecule is CC1CCC2=CCC3C(CCC4(C)C3CCC4C3(C)CO3)C2(C)CC1. The van der Waals surface area contributed by atoms with Gasteiger partial charge in [0.1, 0.15) is 0 Å². The minimum atomic E-state index is 0.230. The lowest BCUT2D eigenvalue weighted by molar-refractivity contribution is -0.0491. The van der Waals surface area contributed by atoms with Gasteiger partial charge in [0, 0.05) is 0 Å². The van der Waals surface area contributed by atoms with Gasteiger partial charge in [-0.05, 0) is 105 Å². The van der Waals surface area contributed by atoms with Crippen molar-refractivity contribution in [1.29, 1.82) is 0 Å². The molecule has 1 heteroatoms. The number of ether oxygens (including phenoxy) is 1. The fourth-order valence-electron chi connectivity index (χ4n) is 8.30. The third kappa shape index (κ3) is 2.30. The first kappa shape index (κ1) is 16.8. The van der Waals surface area contributed by atoms with Gasteiger partial charge in [-0.15, -0.1) is 0 Å². The van der Waals surface area contributed by atoms with Gasteiger partial charge in [0.2, 0.25) is 0 Å². The van der Waals surface area contributed by atoms with E-state index in [1.54, 1.807) is 0 Å². The Morgan fingerprint density at radius 1 is 0.960 bits per heavy atom. The summed E-state index contributed by atoms with van der Waals surface area (Å²) in [7, 11) is 0. The molecule has 8 unspecified atom stereocenters. The Labute approximate surface area is 155 Å². The summed E-state index contributed by atoms with van der Waals surface area (Å²) in [6, 6.07) is 0. The van der Waals surface area contributed by atoms with Gasteiger partial charge in [0.15, 0.2) is 0 Å². The summed E-state index contributed by atoms with van der Waals surface area (Å²) in [5, 5.41) is 0. The number of allylic oxidation sites excluding steroid dienone is 2. The topological polar surface area (TPSA) is 12.5 Å². The van der Waals surface area contributed by atoms with E-state index in [1.807, 2.05) is 5.57 Å². The van der Waals surface area contributed by atoms with Crippen LogP contribution >= 0.6 is 0 Å². The van der Waals surface area contributed by atoms with Crippen molar-refractivity contribution in [2.24, 2.45) is 40.4 Å². The molecule has 0 radical (unpaired) electrons. The van der Waals surface area contributed by atoms with Crippen LogP contribution in [0.2, 0.25) is 0 Å². The van der Waals surface area contributed by atoms with E-state index >= 15 is 0 Å². The van der Waals surface area contributed by atoms with Gasteiger partial charge in [-0.25, -0.2) is 0 Å². The fourth-order valence-corrected chi connectivity index (χ4v) is 8.30. The molecule has 1 nitrogen and oxygen atoms in total. The number of fused-ring (bicyclic) bond motifs is 5. The second-order valence-electron chi connectivity index (χ2n) is 11.2. The van der Waals surface area contributed by atoms with Gasteiger partial charge in [-0.3, -0.25) is 0 Å². The predicted molar refractivity (Wildman–Crippen MR) is 103 cm³/mol. The molecule has 4 fully saturated rings. The summed E-state index contributed by atoms with van der Waals surface area (Å²) in [5.74, 6) is 4.61. The Morgan fingerprint density at radius 2 is 1.76 bits per heavy atom. The Balaban J connectivity index is 1.46. The first-order chi connectivity index (χ1) is 11.9. The van der Waals surface area contributed by atoms with Crippen molar-refractivity contribution >= 4 is 0 Å². The van der Waals surface area contributed by atoms with Crippen LogP contribution in [-0.4, -0.2) is 12.2 Å². The molecule has 0 bridgehead atoms. The zero-order valence-electron chi connectivity index (χ0n) is 16.9. The predicted octanol–water partition coefficient (Wildman–Crippen LogP) is 6.38. The number of rotatable bonds is 1. The second-order valence-corrected chi connectivity index (χ2v) is 11.2. The summed E-state index contributed by atoms with van der Waals surface area (Å²) in [6.07, 6.45) is 15.7. The van der Waals surface area contributed by atoms with E-state index in [0.29, 0.717) is 10.8 Å². The van der Waals surface area contributed by atoms with E-state index in [-0.39, 0.29) is 5.60 Å². The molecule has 3 saturated carbocycles. The van der Waals surface area contributed by atoms with E-state index in [0.717, 1.165) is 36.2 Å². The minimum Gasteiger partial charge on any atom is -0.370 e. The zero-order valence-corrected chi connectivity index (χ0v) is 16.9.